The van der Waals surface area contributed by atoms with E-state index in [9.17, 15) is 19.2 Å². The van der Waals surface area contributed by atoms with Crippen LogP contribution in [0, 0.1) is 17.3 Å². The first-order valence-corrected chi connectivity index (χ1v) is 6.48. The third-order valence-electron chi connectivity index (χ3n) is 3.18. The highest BCUT2D eigenvalue weighted by atomic mass is 16.6. The fraction of sp³-hybridized carbons (Fsp3) is 0.692. The number of carbonyl (C=O) groups is 4. The van der Waals surface area contributed by atoms with E-state index in [-0.39, 0.29) is 19.8 Å². The molecule has 7 nitrogen and oxygen atoms in total. The first kappa shape index (κ1) is 16.1. The van der Waals surface area contributed by atoms with E-state index in [0.717, 1.165) is 0 Å². The van der Waals surface area contributed by atoms with Gasteiger partial charge in [-0.15, -0.1) is 0 Å². The van der Waals surface area contributed by atoms with Crippen molar-refractivity contribution in [1.82, 2.24) is 0 Å². The van der Waals surface area contributed by atoms with Crippen LogP contribution in [0.25, 0.3) is 0 Å². The van der Waals surface area contributed by atoms with E-state index in [1.165, 1.54) is 0 Å². The zero-order valence-electron chi connectivity index (χ0n) is 11.7. The van der Waals surface area contributed by atoms with E-state index in [4.69, 9.17) is 14.2 Å². The van der Waals surface area contributed by atoms with Gasteiger partial charge in [-0.3, -0.25) is 14.4 Å². The van der Waals surface area contributed by atoms with Crippen molar-refractivity contribution in [1.29, 1.82) is 0 Å². The summed E-state index contributed by atoms with van der Waals surface area (Å²) >= 11 is 0. The molecule has 0 unspecified atom stereocenters. The molecule has 0 aromatic rings. The topological polar surface area (TPSA) is 96.0 Å². The summed E-state index contributed by atoms with van der Waals surface area (Å²) in [4.78, 5) is 47.0. The van der Waals surface area contributed by atoms with Gasteiger partial charge in [-0.05, 0) is 20.8 Å². The molecule has 0 N–H and O–H groups in total. The molecule has 1 aliphatic rings. The standard InChI is InChI=1S/C13H18O7/c1-4-18-10(15)9-8(7-14)13(9,11(16)19-5-2)12(17)20-6-3/h7-9H,4-6H2,1-3H3/t8-,9+/m0/s1. The number of esters is 3. The Hall–Kier alpha value is -1.92. The lowest BCUT2D eigenvalue weighted by atomic mass is 10.0. The Labute approximate surface area is 116 Å². The van der Waals surface area contributed by atoms with Crippen LogP contribution in [-0.4, -0.2) is 44.0 Å². The molecule has 0 spiro atoms. The van der Waals surface area contributed by atoms with Gasteiger partial charge in [-0.2, -0.15) is 0 Å². The number of rotatable bonds is 7. The van der Waals surface area contributed by atoms with E-state index < -0.39 is 35.2 Å². The first-order valence-electron chi connectivity index (χ1n) is 6.48. The van der Waals surface area contributed by atoms with Crippen LogP contribution in [0.2, 0.25) is 0 Å². The number of carbonyl (C=O) groups excluding carboxylic acids is 4. The van der Waals surface area contributed by atoms with Crippen LogP contribution in [-0.2, 0) is 33.4 Å². The molecule has 7 heteroatoms. The average molecular weight is 286 g/mol. The molecule has 0 heterocycles. The minimum Gasteiger partial charge on any atom is -0.466 e. The maximum Gasteiger partial charge on any atom is 0.325 e. The van der Waals surface area contributed by atoms with Gasteiger partial charge in [0.05, 0.1) is 31.7 Å². The summed E-state index contributed by atoms with van der Waals surface area (Å²) < 4.78 is 14.4. The Balaban J connectivity index is 3.11. The lowest BCUT2D eigenvalue weighted by Gasteiger charge is -2.14. The Bertz CT molecular complexity index is 397. The van der Waals surface area contributed by atoms with Crippen molar-refractivity contribution in [3.63, 3.8) is 0 Å². The molecule has 0 bridgehead atoms. The SMILES string of the molecule is CCOC(=O)[C@H]1[C@H](C=O)C1(C(=O)OCC)C(=O)OCC. The van der Waals surface area contributed by atoms with E-state index in [1.54, 1.807) is 20.8 Å². The highest BCUT2D eigenvalue weighted by Crippen LogP contribution is 2.60. The molecule has 0 aliphatic heterocycles. The highest BCUT2D eigenvalue weighted by molar-refractivity contribution is 6.13. The van der Waals surface area contributed by atoms with E-state index in [1.807, 2.05) is 0 Å². The van der Waals surface area contributed by atoms with Gasteiger partial charge in [0.2, 0.25) is 0 Å². The molecule has 1 fully saturated rings. The van der Waals surface area contributed by atoms with Crippen LogP contribution >= 0.6 is 0 Å². The molecule has 1 saturated carbocycles. The first-order chi connectivity index (χ1) is 9.51. The third kappa shape index (κ3) is 2.39. The minimum absolute atomic E-state index is 0.0289. The number of ether oxygens (including phenoxy) is 3. The van der Waals surface area contributed by atoms with Gasteiger partial charge in [0.1, 0.15) is 6.29 Å². The predicted molar refractivity (Wildman–Crippen MR) is 65.4 cm³/mol. The Morgan fingerprint density at radius 2 is 1.40 bits per heavy atom. The monoisotopic (exact) mass is 286 g/mol. The summed E-state index contributed by atoms with van der Waals surface area (Å²) in [7, 11) is 0. The van der Waals surface area contributed by atoms with E-state index in [0.29, 0.717) is 6.29 Å². The summed E-state index contributed by atoms with van der Waals surface area (Å²) in [5, 5.41) is 0. The van der Waals surface area contributed by atoms with Crippen LogP contribution in [0.4, 0.5) is 0 Å². The van der Waals surface area contributed by atoms with Crippen LogP contribution in [0.3, 0.4) is 0 Å². The fourth-order valence-corrected chi connectivity index (χ4v) is 2.28. The molecule has 0 aromatic heterocycles. The summed E-state index contributed by atoms with van der Waals surface area (Å²) in [5.41, 5.74) is -1.89. The molecule has 0 saturated heterocycles. The normalized spacial score (nSPS) is 22.6. The summed E-state index contributed by atoms with van der Waals surface area (Å²) in [6.07, 6.45) is 0.398. The molecule has 0 radical (unpaired) electrons. The third-order valence-corrected chi connectivity index (χ3v) is 3.18. The Morgan fingerprint density at radius 1 is 0.950 bits per heavy atom. The second-order valence-electron chi connectivity index (χ2n) is 4.20. The van der Waals surface area contributed by atoms with E-state index >= 15 is 0 Å². The zero-order chi connectivity index (χ0) is 15.3. The summed E-state index contributed by atoms with van der Waals surface area (Å²) in [6, 6.07) is 0. The summed E-state index contributed by atoms with van der Waals surface area (Å²) in [5.74, 6) is -4.88. The molecule has 112 valence electrons. The van der Waals surface area contributed by atoms with Crippen LogP contribution in [0.1, 0.15) is 20.8 Å². The quantitative estimate of drug-likeness (QED) is 0.283. The second kappa shape index (κ2) is 6.49. The smallest absolute Gasteiger partial charge is 0.325 e. The summed E-state index contributed by atoms with van der Waals surface area (Å²) in [6.45, 7) is 4.86. The molecule has 0 amide bonds. The van der Waals surface area contributed by atoms with Gasteiger partial charge in [-0.1, -0.05) is 0 Å². The van der Waals surface area contributed by atoms with Crippen LogP contribution in [0.5, 0.6) is 0 Å². The number of hydrogen-bond donors (Lipinski definition) is 0. The van der Waals surface area contributed by atoms with Gasteiger partial charge < -0.3 is 19.0 Å². The zero-order valence-corrected chi connectivity index (χ0v) is 11.7. The second-order valence-corrected chi connectivity index (χ2v) is 4.20. The van der Waals surface area contributed by atoms with E-state index in [2.05, 4.69) is 0 Å². The molecular weight excluding hydrogens is 268 g/mol. The minimum atomic E-state index is -1.89. The maximum absolute atomic E-state index is 12.0. The van der Waals surface area contributed by atoms with Gasteiger partial charge in [0.25, 0.3) is 0 Å². The van der Waals surface area contributed by atoms with Crippen LogP contribution in [0.15, 0.2) is 0 Å². The highest BCUT2D eigenvalue weighted by Gasteiger charge is 2.80. The molecule has 0 aromatic carbocycles. The number of aldehydes is 1. The molecule has 1 rings (SSSR count). The maximum atomic E-state index is 12.0. The number of hydrogen-bond acceptors (Lipinski definition) is 7. The van der Waals surface area contributed by atoms with Gasteiger partial charge in [0, 0.05) is 0 Å². The van der Waals surface area contributed by atoms with Crippen molar-refractivity contribution < 1.29 is 33.4 Å². The van der Waals surface area contributed by atoms with Gasteiger partial charge in [-0.25, -0.2) is 0 Å². The van der Waals surface area contributed by atoms with Crippen molar-refractivity contribution in [2.75, 3.05) is 19.8 Å². The lowest BCUT2D eigenvalue weighted by molar-refractivity contribution is -0.168. The lowest BCUT2D eigenvalue weighted by Crippen LogP contribution is -2.35. The average Bonchev–Trinajstić information content (AvgIpc) is 3.09. The molecular formula is C13H18O7. The Kier molecular flexibility index (Phi) is 5.24. The molecule has 20 heavy (non-hydrogen) atoms. The van der Waals surface area contributed by atoms with Crippen molar-refractivity contribution in [3.05, 3.63) is 0 Å². The van der Waals surface area contributed by atoms with Crippen molar-refractivity contribution in [2.24, 2.45) is 17.3 Å². The molecule has 2 atom stereocenters. The van der Waals surface area contributed by atoms with Crippen molar-refractivity contribution in [2.45, 2.75) is 20.8 Å². The fourth-order valence-electron chi connectivity index (χ4n) is 2.28. The van der Waals surface area contributed by atoms with Crippen LogP contribution < -0.4 is 0 Å². The predicted octanol–water partition coefficient (Wildman–Crippen LogP) is 0.107. The Morgan fingerprint density at radius 3 is 1.75 bits per heavy atom. The molecule has 1 aliphatic carbocycles. The van der Waals surface area contributed by atoms with Gasteiger partial charge in [0.15, 0.2) is 5.41 Å². The van der Waals surface area contributed by atoms with Gasteiger partial charge >= 0.3 is 17.9 Å². The largest absolute Gasteiger partial charge is 0.466 e. The van der Waals surface area contributed by atoms with Crippen molar-refractivity contribution >= 4 is 24.2 Å². The van der Waals surface area contributed by atoms with Crippen molar-refractivity contribution in [3.8, 4) is 0 Å².